The van der Waals surface area contributed by atoms with Gasteiger partial charge in [-0.05, 0) is 48.5 Å². The molecule has 2 aromatic carbocycles. The predicted molar refractivity (Wildman–Crippen MR) is 109 cm³/mol. The smallest absolute Gasteiger partial charge is 0.251 e. The third-order valence-corrected chi connectivity index (χ3v) is 4.85. The van der Waals surface area contributed by atoms with Crippen LogP contribution >= 0.6 is 15.9 Å². The summed E-state index contributed by atoms with van der Waals surface area (Å²) in [4.78, 5) is 21.2. The summed E-state index contributed by atoms with van der Waals surface area (Å²) in [5, 5.41) is 2.98. The van der Waals surface area contributed by atoms with Crippen molar-refractivity contribution in [1.82, 2.24) is 19.9 Å². The van der Waals surface area contributed by atoms with Crippen molar-refractivity contribution in [3.8, 4) is 11.4 Å². The van der Waals surface area contributed by atoms with Gasteiger partial charge >= 0.3 is 0 Å². The highest BCUT2D eigenvalue weighted by Gasteiger charge is 2.12. The van der Waals surface area contributed by atoms with Crippen molar-refractivity contribution in [3.63, 3.8) is 0 Å². The number of imidazole rings is 1. The van der Waals surface area contributed by atoms with Gasteiger partial charge in [0.05, 0.1) is 11.0 Å². The largest absolute Gasteiger partial charge is 0.350 e. The molecule has 0 unspecified atom stereocenters. The van der Waals surface area contributed by atoms with E-state index in [1.54, 1.807) is 24.5 Å². The molecule has 0 spiro atoms. The second kappa shape index (κ2) is 7.72. The van der Waals surface area contributed by atoms with E-state index in [4.69, 9.17) is 4.98 Å². The minimum atomic E-state index is -0.0858. The minimum absolute atomic E-state index is 0.0858. The third kappa shape index (κ3) is 3.75. The van der Waals surface area contributed by atoms with E-state index in [0.29, 0.717) is 18.7 Å². The van der Waals surface area contributed by atoms with Crippen molar-refractivity contribution >= 4 is 32.9 Å². The number of aromatic nitrogens is 3. The third-order valence-electron chi connectivity index (χ3n) is 4.32. The molecule has 0 bridgehead atoms. The highest BCUT2D eigenvalue weighted by Crippen LogP contribution is 2.24. The first-order chi connectivity index (χ1) is 13.2. The molecule has 0 aliphatic carbocycles. The molecule has 4 aromatic rings. The fourth-order valence-electron chi connectivity index (χ4n) is 3.01. The van der Waals surface area contributed by atoms with Gasteiger partial charge in [0.1, 0.15) is 5.82 Å². The van der Waals surface area contributed by atoms with Crippen LogP contribution in [0.5, 0.6) is 0 Å². The quantitative estimate of drug-likeness (QED) is 0.523. The SMILES string of the molecule is O=C(NCCn1c(-c2ccncc2)nc2ccccc21)c1ccc(Br)cc1. The number of hydrogen-bond acceptors (Lipinski definition) is 3. The maximum absolute atomic E-state index is 12.3. The molecule has 0 aliphatic rings. The molecule has 6 heteroatoms. The van der Waals surface area contributed by atoms with Gasteiger partial charge in [-0.1, -0.05) is 28.1 Å². The van der Waals surface area contributed by atoms with Gasteiger partial charge in [-0.2, -0.15) is 0 Å². The summed E-state index contributed by atoms with van der Waals surface area (Å²) in [6.45, 7) is 1.13. The molecule has 27 heavy (non-hydrogen) atoms. The van der Waals surface area contributed by atoms with Crippen molar-refractivity contribution in [1.29, 1.82) is 0 Å². The molecule has 4 rings (SSSR count). The van der Waals surface area contributed by atoms with E-state index in [-0.39, 0.29) is 5.91 Å². The zero-order valence-corrected chi connectivity index (χ0v) is 16.1. The summed E-state index contributed by atoms with van der Waals surface area (Å²) in [7, 11) is 0. The number of carbonyl (C=O) groups is 1. The van der Waals surface area contributed by atoms with Crippen LogP contribution in [0.15, 0.2) is 77.5 Å². The molecule has 0 fully saturated rings. The maximum atomic E-state index is 12.3. The number of nitrogens with zero attached hydrogens (tertiary/aromatic N) is 3. The van der Waals surface area contributed by atoms with Crippen molar-refractivity contribution in [2.24, 2.45) is 0 Å². The number of rotatable bonds is 5. The van der Waals surface area contributed by atoms with Gasteiger partial charge in [-0.3, -0.25) is 9.78 Å². The fourth-order valence-corrected chi connectivity index (χ4v) is 3.27. The van der Waals surface area contributed by atoms with Crippen LogP contribution in [0.25, 0.3) is 22.4 Å². The highest BCUT2D eigenvalue weighted by atomic mass is 79.9. The predicted octanol–water partition coefficient (Wildman–Crippen LogP) is 4.29. The van der Waals surface area contributed by atoms with Gasteiger partial charge < -0.3 is 9.88 Å². The van der Waals surface area contributed by atoms with E-state index >= 15 is 0 Å². The number of para-hydroxylation sites is 2. The van der Waals surface area contributed by atoms with E-state index in [2.05, 4.69) is 30.8 Å². The lowest BCUT2D eigenvalue weighted by Crippen LogP contribution is -2.27. The normalized spacial score (nSPS) is 10.9. The molecule has 5 nitrogen and oxygen atoms in total. The zero-order chi connectivity index (χ0) is 18.6. The lowest BCUT2D eigenvalue weighted by atomic mass is 10.2. The van der Waals surface area contributed by atoms with E-state index < -0.39 is 0 Å². The summed E-state index contributed by atoms with van der Waals surface area (Å²) in [6.07, 6.45) is 3.52. The standard InChI is InChI=1S/C21H17BrN4O/c22-17-7-5-16(6-8-17)21(27)24-13-14-26-19-4-2-1-3-18(19)25-20(26)15-9-11-23-12-10-15/h1-12H,13-14H2,(H,24,27). The second-order valence-corrected chi connectivity index (χ2v) is 6.99. The van der Waals surface area contributed by atoms with Crippen LogP contribution < -0.4 is 5.32 Å². The first kappa shape index (κ1) is 17.4. The number of carbonyl (C=O) groups excluding carboxylic acids is 1. The van der Waals surface area contributed by atoms with Crippen LogP contribution in [-0.2, 0) is 6.54 Å². The molecular formula is C21H17BrN4O. The van der Waals surface area contributed by atoms with Gasteiger partial charge in [-0.15, -0.1) is 0 Å². The highest BCUT2D eigenvalue weighted by molar-refractivity contribution is 9.10. The second-order valence-electron chi connectivity index (χ2n) is 6.07. The molecular weight excluding hydrogens is 404 g/mol. The van der Waals surface area contributed by atoms with E-state index in [1.165, 1.54) is 0 Å². The van der Waals surface area contributed by atoms with Crippen LogP contribution in [0.3, 0.4) is 0 Å². The Hall–Kier alpha value is -2.99. The van der Waals surface area contributed by atoms with Crippen LogP contribution in [-0.4, -0.2) is 27.0 Å². The van der Waals surface area contributed by atoms with Crippen molar-refractivity contribution in [2.75, 3.05) is 6.54 Å². The summed E-state index contributed by atoms with van der Waals surface area (Å²) in [6, 6.07) is 19.2. The molecule has 0 saturated heterocycles. The first-order valence-electron chi connectivity index (χ1n) is 8.62. The fraction of sp³-hybridized carbons (Fsp3) is 0.0952. The topological polar surface area (TPSA) is 59.8 Å². The Morgan fingerprint density at radius 1 is 1.00 bits per heavy atom. The monoisotopic (exact) mass is 420 g/mol. The lowest BCUT2D eigenvalue weighted by molar-refractivity contribution is 0.0952. The number of pyridine rings is 1. The average molecular weight is 421 g/mol. The number of fused-ring (bicyclic) bond motifs is 1. The Bertz CT molecular complexity index is 1070. The molecule has 2 heterocycles. The zero-order valence-electron chi connectivity index (χ0n) is 14.5. The van der Waals surface area contributed by atoms with E-state index in [9.17, 15) is 4.79 Å². The Morgan fingerprint density at radius 2 is 1.74 bits per heavy atom. The van der Waals surface area contributed by atoms with E-state index in [1.807, 2.05) is 48.5 Å². The molecule has 134 valence electrons. The maximum Gasteiger partial charge on any atom is 0.251 e. The van der Waals surface area contributed by atoms with Crippen molar-refractivity contribution in [3.05, 3.63) is 83.1 Å². The summed E-state index contributed by atoms with van der Waals surface area (Å²) in [5.41, 5.74) is 3.62. The molecule has 0 saturated carbocycles. The number of nitrogens with one attached hydrogen (secondary N) is 1. The van der Waals surface area contributed by atoms with Gasteiger partial charge in [0, 0.05) is 41.1 Å². The Labute approximate surface area is 165 Å². The number of amides is 1. The minimum Gasteiger partial charge on any atom is -0.350 e. The van der Waals surface area contributed by atoms with Crippen LogP contribution in [0.4, 0.5) is 0 Å². The number of benzene rings is 2. The molecule has 1 N–H and O–H groups in total. The molecule has 2 aromatic heterocycles. The van der Waals surface area contributed by atoms with E-state index in [0.717, 1.165) is 26.9 Å². The van der Waals surface area contributed by atoms with Gasteiger partial charge in [0.25, 0.3) is 5.91 Å². The molecule has 0 aliphatic heterocycles. The Balaban J connectivity index is 1.56. The lowest BCUT2D eigenvalue weighted by Gasteiger charge is -2.10. The summed E-state index contributed by atoms with van der Waals surface area (Å²) >= 11 is 3.38. The molecule has 0 atom stereocenters. The molecule has 0 radical (unpaired) electrons. The molecule has 1 amide bonds. The van der Waals surface area contributed by atoms with Gasteiger partial charge in [0.2, 0.25) is 0 Å². The summed E-state index contributed by atoms with van der Waals surface area (Å²) < 4.78 is 3.08. The van der Waals surface area contributed by atoms with Gasteiger partial charge in [-0.25, -0.2) is 4.98 Å². The van der Waals surface area contributed by atoms with Gasteiger partial charge in [0.15, 0.2) is 0 Å². The van der Waals surface area contributed by atoms with Crippen molar-refractivity contribution < 1.29 is 4.79 Å². The Kier molecular flexibility index (Phi) is 4.98. The Morgan fingerprint density at radius 3 is 2.52 bits per heavy atom. The first-order valence-corrected chi connectivity index (χ1v) is 9.41. The summed E-state index contributed by atoms with van der Waals surface area (Å²) in [5.74, 6) is 0.786. The van der Waals surface area contributed by atoms with Crippen LogP contribution in [0.2, 0.25) is 0 Å². The number of halogens is 1. The van der Waals surface area contributed by atoms with Crippen LogP contribution in [0.1, 0.15) is 10.4 Å². The van der Waals surface area contributed by atoms with Crippen molar-refractivity contribution in [2.45, 2.75) is 6.54 Å². The average Bonchev–Trinajstić information content (AvgIpc) is 3.08. The number of hydrogen-bond donors (Lipinski definition) is 1. The van der Waals surface area contributed by atoms with Crippen LogP contribution in [0, 0.1) is 0 Å².